The van der Waals surface area contributed by atoms with Gasteiger partial charge in [0.2, 0.25) is 5.91 Å². The van der Waals surface area contributed by atoms with Crippen LogP contribution in [0, 0.1) is 11.2 Å². The van der Waals surface area contributed by atoms with E-state index in [9.17, 15) is 14.3 Å². The molecular weight excluding hydrogens is 349 g/mol. The summed E-state index contributed by atoms with van der Waals surface area (Å²) < 4.78 is 13.3. The second-order valence-corrected chi connectivity index (χ2v) is 8.36. The van der Waals surface area contributed by atoms with Gasteiger partial charge in [0, 0.05) is 16.8 Å². The normalized spacial score (nSPS) is 17.6. The van der Waals surface area contributed by atoms with Gasteiger partial charge in [-0.3, -0.25) is 4.79 Å². The summed E-state index contributed by atoms with van der Waals surface area (Å²) in [5.74, 6) is -0.706. The summed E-state index contributed by atoms with van der Waals surface area (Å²) in [5.41, 5.74) is 0.628. The lowest BCUT2D eigenvalue weighted by atomic mass is 9.74. The van der Waals surface area contributed by atoms with E-state index in [1.165, 1.54) is 18.6 Å². The predicted molar refractivity (Wildman–Crippen MR) is 103 cm³/mol. The number of hydrogen-bond acceptors (Lipinski definition) is 3. The quantitative estimate of drug-likeness (QED) is 0.759. The number of hydrogen-bond donors (Lipinski definition) is 2. The highest BCUT2D eigenvalue weighted by Crippen LogP contribution is 2.35. The highest BCUT2D eigenvalue weighted by Gasteiger charge is 2.33. The summed E-state index contributed by atoms with van der Waals surface area (Å²) in [6.07, 6.45) is 5.92. The molecule has 0 aliphatic heterocycles. The number of rotatable bonds is 7. The number of aliphatic hydroxyl groups excluding tert-OH is 1. The molecule has 1 aliphatic carbocycles. The van der Waals surface area contributed by atoms with Crippen molar-refractivity contribution in [3.8, 4) is 0 Å². The topological polar surface area (TPSA) is 49.3 Å². The van der Waals surface area contributed by atoms with Crippen LogP contribution in [0.2, 0.25) is 0 Å². The Labute approximate surface area is 158 Å². The molecule has 3 nitrogen and oxygen atoms in total. The fourth-order valence-electron chi connectivity index (χ4n) is 3.78. The van der Waals surface area contributed by atoms with Crippen LogP contribution in [-0.4, -0.2) is 24.2 Å². The van der Waals surface area contributed by atoms with Gasteiger partial charge in [0.1, 0.15) is 5.82 Å². The van der Waals surface area contributed by atoms with E-state index >= 15 is 0 Å². The third kappa shape index (κ3) is 4.71. The molecule has 1 amide bonds. The summed E-state index contributed by atoms with van der Waals surface area (Å²) in [4.78, 5) is 14.1. The van der Waals surface area contributed by atoms with E-state index in [0.29, 0.717) is 13.0 Å². The average Bonchev–Trinajstić information content (AvgIpc) is 3.19. The van der Waals surface area contributed by atoms with Crippen LogP contribution < -0.4 is 5.32 Å². The van der Waals surface area contributed by atoms with Gasteiger partial charge in [0.15, 0.2) is 0 Å². The maximum absolute atomic E-state index is 13.3. The molecule has 5 heteroatoms. The number of carbonyl (C=O) groups excluding carboxylic acids is 1. The monoisotopic (exact) mass is 375 g/mol. The summed E-state index contributed by atoms with van der Waals surface area (Å²) >= 11 is 1.62. The van der Waals surface area contributed by atoms with Crippen LogP contribution >= 0.6 is 11.3 Å². The largest absolute Gasteiger partial charge is 0.396 e. The Bertz CT molecular complexity index is 693. The Hall–Kier alpha value is -1.72. The van der Waals surface area contributed by atoms with Gasteiger partial charge in [-0.2, -0.15) is 0 Å². The third-order valence-corrected chi connectivity index (χ3v) is 6.36. The zero-order chi connectivity index (χ0) is 18.4. The molecule has 0 spiro atoms. The first-order valence-electron chi connectivity index (χ1n) is 9.28. The van der Waals surface area contributed by atoms with E-state index < -0.39 is 0 Å². The van der Waals surface area contributed by atoms with E-state index in [-0.39, 0.29) is 29.7 Å². The number of benzene rings is 1. The Morgan fingerprint density at radius 3 is 2.54 bits per heavy atom. The fraction of sp³-hybridized carbons (Fsp3) is 0.476. The Kier molecular flexibility index (Phi) is 6.43. The first-order valence-corrected chi connectivity index (χ1v) is 10.2. The van der Waals surface area contributed by atoms with E-state index in [1.807, 2.05) is 17.5 Å². The van der Waals surface area contributed by atoms with E-state index in [4.69, 9.17) is 0 Å². The first kappa shape index (κ1) is 19.1. The van der Waals surface area contributed by atoms with Crippen LogP contribution in [0.25, 0.3) is 0 Å². The van der Waals surface area contributed by atoms with Gasteiger partial charge in [0.05, 0.1) is 12.5 Å². The lowest BCUT2D eigenvalue weighted by Gasteiger charge is -2.36. The van der Waals surface area contributed by atoms with E-state index in [2.05, 4.69) is 5.32 Å². The zero-order valence-electron chi connectivity index (χ0n) is 14.9. The van der Waals surface area contributed by atoms with Crippen molar-refractivity contribution in [2.75, 3.05) is 13.2 Å². The summed E-state index contributed by atoms with van der Waals surface area (Å²) in [5, 5.41) is 14.9. The van der Waals surface area contributed by atoms with E-state index in [1.54, 1.807) is 23.5 Å². The Morgan fingerprint density at radius 2 is 1.92 bits per heavy atom. The second-order valence-electron chi connectivity index (χ2n) is 7.32. The molecule has 0 radical (unpaired) electrons. The molecule has 26 heavy (non-hydrogen) atoms. The summed E-state index contributed by atoms with van der Waals surface area (Å²) in [6, 6.07) is 10.2. The van der Waals surface area contributed by atoms with Crippen molar-refractivity contribution in [1.29, 1.82) is 0 Å². The summed E-state index contributed by atoms with van der Waals surface area (Å²) in [7, 11) is 0. The summed E-state index contributed by atoms with van der Waals surface area (Å²) in [6.45, 7) is 0.615. The van der Waals surface area contributed by atoms with Gasteiger partial charge in [-0.25, -0.2) is 4.39 Å². The molecule has 0 saturated heterocycles. The van der Waals surface area contributed by atoms with Crippen molar-refractivity contribution in [3.63, 3.8) is 0 Å². The van der Waals surface area contributed by atoms with Gasteiger partial charge in [0.25, 0.3) is 0 Å². The third-order valence-electron chi connectivity index (χ3n) is 5.46. The van der Waals surface area contributed by atoms with Crippen molar-refractivity contribution >= 4 is 17.2 Å². The minimum absolute atomic E-state index is 0.0524. The molecule has 140 valence electrons. The predicted octanol–water partition coefficient (Wildman–Crippen LogP) is 4.27. The molecule has 1 unspecified atom stereocenters. The molecule has 2 aromatic rings. The standard InChI is InChI=1S/C21H26FNO2S/c22-17-8-6-16(7-9-17)19(13-18-5-4-12-26-18)20(25)23-14-21(15-24)10-2-1-3-11-21/h4-9,12,19,24H,1-3,10-11,13-15H2,(H,23,25). The molecule has 2 N–H and O–H groups in total. The molecule has 1 aromatic heterocycles. The van der Waals surface area contributed by atoms with Crippen molar-refractivity contribution < 1.29 is 14.3 Å². The molecule has 1 atom stereocenters. The average molecular weight is 376 g/mol. The van der Waals surface area contributed by atoms with Crippen LogP contribution in [-0.2, 0) is 11.2 Å². The highest BCUT2D eigenvalue weighted by atomic mass is 32.1. The first-order chi connectivity index (χ1) is 12.6. The van der Waals surface area contributed by atoms with Crippen LogP contribution in [0.5, 0.6) is 0 Å². The lowest BCUT2D eigenvalue weighted by molar-refractivity contribution is -0.123. The van der Waals surface area contributed by atoms with Crippen LogP contribution in [0.4, 0.5) is 4.39 Å². The molecule has 1 saturated carbocycles. The number of thiophene rings is 1. The second kappa shape index (κ2) is 8.78. The molecule has 1 fully saturated rings. The van der Waals surface area contributed by atoms with Crippen molar-refractivity contribution in [2.24, 2.45) is 5.41 Å². The Morgan fingerprint density at radius 1 is 1.19 bits per heavy atom. The fourth-order valence-corrected chi connectivity index (χ4v) is 4.53. The minimum atomic E-state index is -0.353. The van der Waals surface area contributed by atoms with Crippen LogP contribution in [0.15, 0.2) is 41.8 Å². The molecular formula is C21H26FNO2S. The maximum Gasteiger partial charge on any atom is 0.227 e. The SMILES string of the molecule is O=C(NCC1(CO)CCCCC1)C(Cc1cccs1)c1ccc(F)cc1. The molecule has 1 aliphatic rings. The number of halogens is 1. The van der Waals surface area contributed by atoms with Crippen molar-refractivity contribution in [1.82, 2.24) is 5.32 Å². The lowest BCUT2D eigenvalue weighted by Crippen LogP contribution is -2.43. The van der Waals surface area contributed by atoms with Gasteiger partial charge in [-0.05, 0) is 48.4 Å². The van der Waals surface area contributed by atoms with Crippen LogP contribution in [0.1, 0.15) is 48.5 Å². The minimum Gasteiger partial charge on any atom is -0.396 e. The highest BCUT2D eigenvalue weighted by molar-refractivity contribution is 7.09. The number of amides is 1. The van der Waals surface area contributed by atoms with Gasteiger partial charge >= 0.3 is 0 Å². The number of carbonyl (C=O) groups is 1. The van der Waals surface area contributed by atoms with Crippen LogP contribution in [0.3, 0.4) is 0 Å². The van der Waals surface area contributed by atoms with Crippen molar-refractivity contribution in [2.45, 2.75) is 44.4 Å². The van der Waals surface area contributed by atoms with Crippen molar-refractivity contribution in [3.05, 3.63) is 58.0 Å². The van der Waals surface area contributed by atoms with Gasteiger partial charge in [-0.15, -0.1) is 11.3 Å². The number of aliphatic hydroxyl groups is 1. The van der Waals surface area contributed by atoms with Gasteiger partial charge in [-0.1, -0.05) is 37.5 Å². The molecule has 3 rings (SSSR count). The van der Waals surface area contributed by atoms with Gasteiger partial charge < -0.3 is 10.4 Å². The molecule has 1 heterocycles. The zero-order valence-corrected chi connectivity index (χ0v) is 15.7. The van der Waals surface area contributed by atoms with E-state index in [0.717, 1.165) is 36.1 Å². The Balaban J connectivity index is 1.72. The molecule has 1 aromatic carbocycles. The maximum atomic E-state index is 13.3. The smallest absolute Gasteiger partial charge is 0.227 e. The molecule has 0 bridgehead atoms. The number of nitrogens with one attached hydrogen (secondary N) is 1.